The fraction of sp³-hybridized carbons (Fsp3) is 0.304. The van der Waals surface area contributed by atoms with E-state index in [9.17, 15) is 22.8 Å². The van der Waals surface area contributed by atoms with E-state index in [0.29, 0.717) is 13.1 Å². The second kappa shape index (κ2) is 8.99. The first-order valence-corrected chi connectivity index (χ1v) is 11.1. The number of thioether (sulfide) groups is 1. The van der Waals surface area contributed by atoms with Gasteiger partial charge in [-0.05, 0) is 36.9 Å². The van der Waals surface area contributed by atoms with Crippen molar-refractivity contribution < 1.29 is 22.8 Å². The molecule has 2 aliphatic rings. The van der Waals surface area contributed by atoms with Crippen molar-refractivity contribution in [3.05, 3.63) is 70.8 Å². The smallest absolute Gasteiger partial charge is 0.363 e. The van der Waals surface area contributed by atoms with Crippen LogP contribution in [-0.2, 0) is 15.8 Å². The molecule has 0 aromatic heterocycles. The maximum absolute atomic E-state index is 13.4. The highest BCUT2D eigenvalue weighted by Crippen LogP contribution is 2.40. The van der Waals surface area contributed by atoms with Crippen LogP contribution < -0.4 is 4.90 Å². The van der Waals surface area contributed by atoms with E-state index in [-0.39, 0.29) is 16.3 Å². The van der Waals surface area contributed by atoms with E-state index in [4.69, 9.17) is 0 Å². The van der Waals surface area contributed by atoms with Gasteiger partial charge in [0, 0.05) is 31.1 Å². The molecule has 2 amide bonds. The maximum Gasteiger partial charge on any atom is 0.416 e. The number of halogens is 3. The van der Waals surface area contributed by atoms with Crippen LogP contribution >= 0.6 is 11.8 Å². The summed E-state index contributed by atoms with van der Waals surface area (Å²) in [6.45, 7) is 5.57. The molecule has 0 aliphatic carbocycles. The lowest BCUT2D eigenvalue weighted by Crippen LogP contribution is -2.47. The summed E-state index contributed by atoms with van der Waals surface area (Å²) in [7, 11) is 0. The van der Waals surface area contributed by atoms with E-state index in [1.807, 2.05) is 35.2 Å². The molecule has 0 spiro atoms. The molecule has 168 valence electrons. The molecule has 1 saturated heterocycles. The Morgan fingerprint density at radius 1 is 0.906 bits per heavy atom. The van der Waals surface area contributed by atoms with Crippen LogP contribution in [0.1, 0.15) is 12.5 Å². The molecule has 0 radical (unpaired) electrons. The lowest BCUT2D eigenvalue weighted by atomic mass is 10.2. The van der Waals surface area contributed by atoms with Crippen LogP contribution in [0.4, 0.5) is 18.9 Å². The number of alkyl halides is 3. The van der Waals surface area contributed by atoms with E-state index in [0.717, 1.165) is 41.6 Å². The minimum Gasteiger partial charge on any atom is -0.363 e. The van der Waals surface area contributed by atoms with Crippen molar-refractivity contribution >= 4 is 29.3 Å². The Morgan fingerprint density at radius 2 is 1.59 bits per heavy atom. The summed E-state index contributed by atoms with van der Waals surface area (Å²) in [6.07, 6.45) is -4.57. The van der Waals surface area contributed by atoms with Crippen molar-refractivity contribution in [2.75, 3.05) is 37.6 Å². The molecule has 0 N–H and O–H groups in total. The van der Waals surface area contributed by atoms with E-state index in [1.54, 1.807) is 0 Å². The van der Waals surface area contributed by atoms with E-state index in [2.05, 4.69) is 11.8 Å². The second-order valence-corrected chi connectivity index (χ2v) is 8.59. The summed E-state index contributed by atoms with van der Waals surface area (Å²) in [5.41, 5.74) is -0.724. The highest BCUT2D eigenvalue weighted by molar-refractivity contribution is 8.04. The molecule has 1 fully saturated rings. The minimum atomic E-state index is -4.57. The Morgan fingerprint density at radius 3 is 2.22 bits per heavy atom. The van der Waals surface area contributed by atoms with Crippen molar-refractivity contribution in [1.82, 2.24) is 9.80 Å². The first-order chi connectivity index (χ1) is 15.3. The molecule has 2 aromatic rings. The molecule has 2 aromatic carbocycles. The predicted molar refractivity (Wildman–Crippen MR) is 117 cm³/mol. The minimum absolute atomic E-state index is 0.0804. The van der Waals surface area contributed by atoms with Crippen LogP contribution in [0.25, 0.3) is 0 Å². The van der Waals surface area contributed by atoms with Gasteiger partial charge in [-0.3, -0.25) is 9.59 Å². The summed E-state index contributed by atoms with van der Waals surface area (Å²) in [6, 6.07) is 13.5. The van der Waals surface area contributed by atoms with Crippen molar-refractivity contribution in [3.8, 4) is 0 Å². The number of likely N-dealkylation sites (N-methyl/N-ethyl adjacent to an activating group) is 1. The van der Waals surface area contributed by atoms with Gasteiger partial charge in [-0.15, -0.1) is 0 Å². The van der Waals surface area contributed by atoms with Crippen LogP contribution in [0.15, 0.2) is 70.1 Å². The van der Waals surface area contributed by atoms with Crippen LogP contribution in [-0.4, -0.2) is 54.3 Å². The average Bonchev–Trinajstić information content (AvgIpc) is 3.03. The van der Waals surface area contributed by atoms with Gasteiger partial charge in [0.05, 0.1) is 11.3 Å². The Bertz CT molecular complexity index is 1050. The molecule has 32 heavy (non-hydrogen) atoms. The van der Waals surface area contributed by atoms with Gasteiger partial charge in [-0.2, -0.15) is 13.2 Å². The van der Waals surface area contributed by atoms with Gasteiger partial charge in [0.15, 0.2) is 0 Å². The van der Waals surface area contributed by atoms with E-state index < -0.39 is 23.6 Å². The normalized spacial score (nSPS) is 18.1. The van der Waals surface area contributed by atoms with Gasteiger partial charge in [-0.1, -0.05) is 43.0 Å². The highest BCUT2D eigenvalue weighted by atomic mass is 32.2. The summed E-state index contributed by atoms with van der Waals surface area (Å²) >= 11 is 1.17. The highest BCUT2D eigenvalue weighted by Gasteiger charge is 2.43. The number of imide groups is 1. The number of rotatable bonds is 5. The van der Waals surface area contributed by atoms with Gasteiger partial charge in [0.2, 0.25) is 0 Å². The molecular weight excluding hydrogens is 439 g/mol. The SMILES string of the molecule is CCN1CCN(C2=C(Sc3ccccc3)C(=O)N(c3cccc(C(F)(F)F)c3)C2=O)CC1. The zero-order valence-electron chi connectivity index (χ0n) is 17.4. The zero-order valence-corrected chi connectivity index (χ0v) is 18.2. The molecule has 0 atom stereocenters. The molecule has 2 aliphatic heterocycles. The van der Waals surface area contributed by atoms with E-state index in [1.165, 1.54) is 23.9 Å². The van der Waals surface area contributed by atoms with Crippen LogP contribution in [0, 0.1) is 0 Å². The fourth-order valence-electron chi connectivity index (χ4n) is 3.82. The van der Waals surface area contributed by atoms with E-state index >= 15 is 0 Å². The third-order valence-electron chi connectivity index (χ3n) is 5.55. The van der Waals surface area contributed by atoms with Crippen molar-refractivity contribution in [3.63, 3.8) is 0 Å². The van der Waals surface area contributed by atoms with Crippen molar-refractivity contribution in [1.29, 1.82) is 0 Å². The molecule has 0 saturated carbocycles. The fourth-order valence-corrected chi connectivity index (χ4v) is 4.84. The number of carbonyl (C=O) groups excluding carboxylic acids is 2. The summed E-state index contributed by atoms with van der Waals surface area (Å²) in [5.74, 6) is -1.19. The first-order valence-electron chi connectivity index (χ1n) is 10.3. The Labute approximate surface area is 188 Å². The zero-order chi connectivity index (χ0) is 22.9. The molecule has 9 heteroatoms. The Kier molecular flexibility index (Phi) is 6.30. The van der Waals surface area contributed by atoms with Crippen molar-refractivity contribution in [2.24, 2.45) is 0 Å². The number of anilines is 1. The molecular formula is C23H22F3N3O2S. The first kappa shape index (κ1) is 22.4. The average molecular weight is 462 g/mol. The molecule has 4 rings (SSSR count). The third kappa shape index (κ3) is 4.40. The lowest BCUT2D eigenvalue weighted by Gasteiger charge is -2.35. The monoisotopic (exact) mass is 461 g/mol. The van der Waals surface area contributed by atoms with Crippen LogP contribution in [0.2, 0.25) is 0 Å². The van der Waals surface area contributed by atoms with Gasteiger partial charge >= 0.3 is 6.18 Å². The van der Waals surface area contributed by atoms with Gasteiger partial charge in [-0.25, -0.2) is 4.90 Å². The lowest BCUT2D eigenvalue weighted by molar-refractivity contribution is -0.137. The molecule has 0 bridgehead atoms. The topological polar surface area (TPSA) is 43.9 Å². The summed E-state index contributed by atoms with van der Waals surface area (Å²) in [4.78, 5) is 32.8. The van der Waals surface area contributed by atoms with Crippen LogP contribution in [0.3, 0.4) is 0 Å². The number of amides is 2. The summed E-state index contributed by atoms with van der Waals surface area (Å²) < 4.78 is 39.7. The largest absolute Gasteiger partial charge is 0.416 e. The molecule has 5 nitrogen and oxygen atoms in total. The Hall–Kier alpha value is -2.78. The number of hydrogen-bond donors (Lipinski definition) is 0. The number of piperazine rings is 1. The number of benzene rings is 2. The quantitative estimate of drug-likeness (QED) is 0.624. The number of carbonyl (C=O) groups is 2. The number of nitrogens with zero attached hydrogens (tertiary/aromatic N) is 3. The number of hydrogen-bond acceptors (Lipinski definition) is 5. The third-order valence-corrected chi connectivity index (χ3v) is 6.63. The Balaban J connectivity index is 1.71. The standard InChI is InChI=1S/C23H22F3N3O2S/c1-2-27-11-13-28(14-12-27)19-20(32-18-9-4-3-5-10-18)22(31)29(21(19)30)17-8-6-7-16(15-17)23(24,25)26/h3-10,15H,2,11-14H2,1H3. The predicted octanol–water partition coefficient (Wildman–Crippen LogP) is 4.22. The molecule has 0 unspecified atom stereocenters. The van der Waals surface area contributed by atoms with Gasteiger partial charge < -0.3 is 9.80 Å². The van der Waals surface area contributed by atoms with Crippen molar-refractivity contribution in [2.45, 2.75) is 18.0 Å². The van der Waals surface area contributed by atoms with Gasteiger partial charge in [0.25, 0.3) is 11.8 Å². The molecule has 2 heterocycles. The van der Waals surface area contributed by atoms with Gasteiger partial charge in [0.1, 0.15) is 10.6 Å². The second-order valence-electron chi connectivity index (χ2n) is 7.51. The maximum atomic E-state index is 13.4. The summed E-state index contributed by atoms with van der Waals surface area (Å²) in [5, 5.41) is 0. The van der Waals surface area contributed by atoms with Crippen LogP contribution in [0.5, 0.6) is 0 Å².